The highest BCUT2D eigenvalue weighted by atomic mass is 32.1. The number of benzene rings is 1. The number of methoxy groups -OCH3 is 1. The van der Waals surface area contributed by atoms with E-state index in [1.54, 1.807) is 6.07 Å². The van der Waals surface area contributed by atoms with Gasteiger partial charge in [0.25, 0.3) is 0 Å². The fourth-order valence-electron chi connectivity index (χ4n) is 1.80. The first-order valence-corrected chi connectivity index (χ1v) is 6.90. The molecule has 0 saturated carbocycles. The van der Waals surface area contributed by atoms with Crippen LogP contribution in [0, 0.1) is 18.6 Å². The Morgan fingerprint density at radius 1 is 1.19 bits per heavy atom. The molecule has 0 aliphatic heterocycles. The van der Waals surface area contributed by atoms with Crippen molar-refractivity contribution in [2.24, 2.45) is 0 Å². The predicted molar refractivity (Wildman–Crippen MR) is 74.6 cm³/mol. The van der Waals surface area contributed by atoms with E-state index in [-0.39, 0.29) is 16.9 Å². The quantitative estimate of drug-likeness (QED) is 0.643. The largest absolute Gasteiger partial charge is 0.469 e. The maximum Gasteiger partial charge on any atom is 0.310 e. The van der Waals surface area contributed by atoms with E-state index in [2.05, 4.69) is 4.74 Å². The molecule has 0 amide bonds. The van der Waals surface area contributed by atoms with Gasteiger partial charge in [0.05, 0.1) is 24.0 Å². The summed E-state index contributed by atoms with van der Waals surface area (Å²) in [5.74, 6) is -2.92. The summed E-state index contributed by atoms with van der Waals surface area (Å²) in [5.41, 5.74) is -0.368. The number of halogens is 2. The van der Waals surface area contributed by atoms with E-state index in [4.69, 9.17) is 0 Å². The van der Waals surface area contributed by atoms with Crippen LogP contribution in [0.25, 0.3) is 0 Å². The van der Waals surface area contributed by atoms with Gasteiger partial charge in [-0.3, -0.25) is 9.59 Å². The van der Waals surface area contributed by atoms with Gasteiger partial charge < -0.3 is 4.74 Å². The third-order valence-corrected chi connectivity index (χ3v) is 4.03. The van der Waals surface area contributed by atoms with Crippen molar-refractivity contribution in [1.82, 2.24) is 0 Å². The molecule has 21 heavy (non-hydrogen) atoms. The lowest BCUT2D eigenvalue weighted by Crippen LogP contribution is -2.07. The summed E-state index contributed by atoms with van der Waals surface area (Å²) >= 11 is 1.02. The van der Waals surface area contributed by atoms with Gasteiger partial charge in [0.15, 0.2) is 0 Å². The smallest absolute Gasteiger partial charge is 0.310 e. The number of thiophene rings is 1. The van der Waals surface area contributed by atoms with Crippen LogP contribution in [0.4, 0.5) is 8.78 Å². The van der Waals surface area contributed by atoms with Gasteiger partial charge in [-0.25, -0.2) is 8.78 Å². The van der Waals surface area contributed by atoms with Crippen LogP contribution in [0.2, 0.25) is 0 Å². The molecular weight excluding hydrogens is 298 g/mol. The Hall–Kier alpha value is -2.08. The van der Waals surface area contributed by atoms with Crippen LogP contribution in [-0.4, -0.2) is 18.9 Å². The number of rotatable bonds is 4. The van der Waals surface area contributed by atoms with Crippen LogP contribution < -0.4 is 0 Å². The molecule has 0 aliphatic rings. The highest BCUT2D eigenvalue weighted by molar-refractivity contribution is 7.14. The summed E-state index contributed by atoms with van der Waals surface area (Å²) in [6.45, 7) is 1.46. The van der Waals surface area contributed by atoms with E-state index >= 15 is 0 Å². The van der Waals surface area contributed by atoms with Gasteiger partial charge in [-0.1, -0.05) is 6.07 Å². The van der Waals surface area contributed by atoms with Gasteiger partial charge in [-0.2, -0.15) is 0 Å². The molecule has 0 saturated heterocycles. The molecule has 3 nitrogen and oxygen atoms in total. The standard InChI is InChI=1S/C15H12F2O3S/c1-8-3-5-10(16)13(14(8)17)15(19)11-6-4-9(21-11)7-12(18)20-2/h3-6H,7H2,1-2H3. The molecule has 0 fully saturated rings. The van der Waals surface area contributed by atoms with Crippen molar-refractivity contribution in [2.45, 2.75) is 13.3 Å². The molecule has 1 aromatic heterocycles. The van der Waals surface area contributed by atoms with Crippen LogP contribution in [0.5, 0.6) is 0 Å². The number of esters is 1. The van der Waals surface area contributed by atoms with Gasteiger partial charge in [-0.05, 0) is 30.7 Å². The second-order valence-corrected chi connectivity index (χ2v) is 5.57. The molecule has 1 heterocycles. The Morgan fingerprint density at radius 3 is 2.57 bits per heavy atom. The van der Waals surface area contributed by atoms with E-state index in [0.717, 1.165) is 17.4 Å². The third kappa shape index (κ3) is 3.16. The topological polar surface area (TPSA) is 43.4 Å². The molecule has 0 bridgehead atoms. The molecule has 0 N–H and O–H groups in total. The lowest BCUT2D eigenvalue weighted by Gasteiger charge is -2.04. The van der Waals surface area contributed by atoms with E-state index < -0.39 is 29.0 Å². The SMILES string of the molecule is COC(=O)Cc1ccc(C(=O)c2c(F)ccc(C)c2F)s1. The summed E-state index contributed by atoms with van der Waals surface area (Å²) in [4.78, 5) is 24.2. The van der Waals surface area contributed by atoms with Crippen molar-refractivity contribution >= 4 is 23.1 Å². The lowest BCUT2D eigenvalue weighted by atomic mass is 10.0. The van der Waals surface area contributed by atoms with Crippen molar-refractivity contribution in [2.75, 3.05) is 7.11 Å². The molecular formula is C15H12F2O3S. The third-order valence-electron chi connectivity index (χ3n) is 2.94. The second-order valence-electron chi connectivity index (χ2n) is 4.40. The second kappa shape index (κ2) is 6.13. The molecule has 1 aromatic carbocycles. The summed E-state index contributed by atoms with van der Waals surface area (Å²) in [6, 6.07) is 5.36. The predicted octanol–water partition coefficient (Wildman–Crippen LogP) is 3.28. The van der Waals surface area contributed by atoms with Crippen LogP contribution in [0.1, 0.15) is 25.7 Å². The number of carbonyl (C=O) groups excluding carboxylic acids is 2. The molecule has 0 unspecified atom stereocenters. The molecule has 0 aliphatic carbocycles. The minimum Gasteiger partial charge on any atom is -0.469 e. The highest BCUT2D eigenvalue weighted by Crippen LogP contribution is 2.25. The maximum absolute atomic E-state index is 13.9. The van der Waals surface area contributed by atoms with Crippen molar-refractivity contribution in [3.63, 3.8) is 0 Å². The molecule has 6 heteroatoms. The van der Waals surface area contributed by atoms with Crippen LogP contribution in [0.3, 0.4) is 0 Å². The monoisotopic (exact) mass is 310 g/mol. The summed E-state index contributed by atoms with van der Waals surface area (Å²) < 4.78 is 32.2. The van der Waals surface area contributed by atoms with Crippen LogP contribution >= 0.6 is 11.3 Å². The van der Waals surface area contributed by atoms with E-state index in [1.807, 2.05) is 0 Å². The van der Waals surface area contributed by atoms with Gasteiger partial charge in [0, 0.05) is 4.88 Å². The number of hydrogen-bond donors (Lipinski definition) is 0. The van der Waals surface area contributed by atoms with Crippen molar-refractivity contribution in [3.05, 3.63) is 56.8 Å². The Balaban J connectivity index is 2.33. The number of ketones is 1. The molecule has 0 spiro atoms. The number of carbonyl (C=O) groups is 2. The van der Waals surface area contributed by atoms with E-state index in [1.165, 1.54) is 26.2 Å². The van der Waals surface area contributed by atoms with Crippen molar-refractivity contribution < 1.29 is 23.1 Å². The normalized spacial score (nSPS) is 10.5. The average molecular weight is 310 g/mol. The highest BCUT2D eigenvalue weighted by Gasteiger charge is 2.22. The molecule has 2 aromatic rings. The Labute approximate surface area is 124 Å². The zero-order valence-electron chi connectivity index (χ0n) is 11.4. The first-order valence-electron chi connectivity index (χ1n) is 6.09. The minimum absolute atomic E-state index is 0.0211. The fourth-order valence-corrected chi connectivity index (χ4v) is 2.74. The molecule has 2 rings (SSSR count). The minimum atomic E-state index is -0.897. The Bertz CT molecular complexity index is 707. The summed E-state index contributed by atoms with van der Waals surface area (Å²) in [6.07, 6.45) is 0.0211. The molecule has 110 valence electrons. The fraction of sp³-hybridized carbons (Fsp3) is 0.200. The van der Waals surface area contributed by atoms with E-state index in [9.17, 15) is 18.4 Å². The average Bonchev–Trinajstić information content (AvgIpc) is 2.91. The van der Waals surface area contributed by atoms with Gasteiger partial charge in [0.2, 0.25) is 5.78 Å². The van der Waals surface area contributed by atoms with Gasteiger partial charge in [-0.15, -0.1) is 11.3 Å². The van der Waals surface area contributed by atoms with E-state index in [0.29, 0.717) is 4.88 Å². The number of ether oxygens (including phenoxy) is 1. The van der Waals surface area contributed by atoms with Gasteiger partial charge >= 0.3 is 5.97 Å². The Kier molecular flexibility index (Phi) is 4.47. The number of aryl methyl sites for hydroxylation is 1. The van der Waals surface area contributed by atoms with Crippen LogP contribution in [-0.2, 0) is 16.0 Å². The van der Waals surface area contributed by atoms with Crippen molar-refractivity contribution in [3.8, 4) is 0 Å². The first-order chi connectivity index (χ1) is 9.93. The first kappa shape index (κ1) is 15.3. The summed E-state index contributed by atoms with van der Waals surface area (Å²) in [7, 11) is 1.26. The number of hydrogen-bond acceptors (Lipinski definition) is 4. The Morgan fingerprint density at radius 2 is 1.90 bits per heavy atom. The van der Waals surface area contributed by atoms with Crippen molar-refractivity contribution in [1.29, 1.82) is 0 Å². The van der Waals surface area contributed by atoms with Crippen LogP contribution in [0.15, 0.2) is 24.3 Å². The maximum atomic E-state index is 13.9. The molecule has 0 radical (unpaired) electrons. The zero-order chi connectivity index (χ0) is 15.6. The lowest BCUT2D eigenvalue weighted by molar-refractivity contribution is -0.139. The summed E-state index contributed by atoms with van der Waals surface area (Å²) in [5, 5.41) is 0. The zero-order valence-corrected chi connectivity index (χ0v) is 12.2. The molecule has 0 atom stereocenters. The van der Waals surface area contributed by atoms with Gasteiger partial charge in [0.1, 0.15) is 11.6 Å².